The summed E-state index contributed by atoms with van der Waals surface area (Å²) in [6.07, 6.45) is 3.96. The van der Waals surface area contributed by atoms with E-state index in [4.69, 9.17) is 13.9 Å². The van der Waals surface area contributed by atoms with Gasteiger partial charge in [-0.2, -0.15) is 0 Å². The van der Waals surface area contributed by atoms with Crippen molar-refractivity contribution in [3.8, 4) is 5.75 Å². The average Bonchev–Trinajstić information content (AvgIpc) is 3.24. The molecule has 0 saturated heterocycles. The molecule has 1 saturated carbocycles. The largest absolute Gasteiger partial charge is 0.467 e. The minimum absolute atomic E-state index is 0.191. The fourth-order valence-corrected chi connectivity index (χ4v) is 4.18. The Morgan fingerprint density at radius 1 is 1.26 bits per heavy atom. The zero-order valence-electron chi connectivity index (χ0n) is 14.6. The van der Waals surface area contributed by atoms with Gasteiger partial charge in [0.05, 0.1) is 19.4 Å². The molecule has 1 fully saturated rings. The Kier molecular flexibility index (Phi) is 4.37. The van der Waals surface area contributed by atoms with Gasteiger partial charge in [0.25, 0.3) is 0 Å². The van der Waals surface area contributed by atoms with Crippen molar-refractivity contribution in [3.05, 3.63) is 59.1 Å². The number of ether oxygens (including phenoxy) is 2. The monoisotopic (exact) mass is 387 g/mol. The van der Waals surface area contributed by atoms with Crippen LogP contribution in [0.15, 0.2) is 40.1 Å². The lowest BCUT2D eigenvalue weighted by atomic mass is 10.1. The standard InChI is InChI=1S/C19H18FN3O3S/c20-15-6-13-9-24-11-26-17(13)14(7-15)10-27-19-22-21-18(12-3-4-12)23(19)8-16-2-1-5-25-16/h1-2,5-7,12H,3-4,8-11H2. The zero-order valence-corrected chi connectivity index (χ0v) is 15.4. The molecule has 140 valence electrons. The Morgan fingerprint density at radius 3 is 3.00 bits per heavy atom. The van der Waals surface area contributed by atoms with Gasteiger partial charge in [0.15, 0.2) is 11.9 Å². The summed E-state index contributed by atoms with van der Waals surface area (Å²) in [4.78, 5) is 0. The van der Waals surface area contributed by atoms with Crippen LogP contribution in [0.5, 0.6) is 5.75 Å². The zero-order chi connectivity index (χ0) is 18.2. The Hall–Kier alpha value is -2.32. The van der Waals surface area contributed by atoms with E-state index in [1.165, 1.54) is 23.9 Å². The molecule has 27 heavy (non-hydrogen) atoms. The van der Waals surface area contributed by atoms with Crippen LogP contribution in [0, 0.1) is 5.82 Å². The lowest BCUT2D eigenvalue weighted by molar-refractivity contribution is -0.0171. The summed E-state index contributed by atoms with van der Waals surface area (Å²) in [5.74, 6) is 3.32. The molecule has 1 aromatic carbocycles. The van der Waals surface area contributed by atoms with Crippen molar-refractivity contribution >= 4 is 11.8 Å². The van der Waals surface area contributed by atoms with E-state index in [0.29, 0.717) is 24.8 Å². The fraction of sp³-hybridized carbons (Fsp3) is 0.368. The van der Waals surface area contributed by atoms with Gasteiger partial charge in [-0.3, -0.25) is 4.57 Å². The Morgan fingerprint density at radius 2 is 2.19 bits per heavy atom. The van der Waals surface area contributed by atoms with Gasteiger partial charge in [-0.1, -0.05) is 11.8 Å². The van der Waals surface area contributed by atoms with Crippen molar-refractivity contribution in [1.82, 2.24) is 14.8 Å². The van der Waals surface area contributed by atoms with Gasteiger partial charge in [-0.05, 0) is 37.1 Å². The number of nitrogens with zero attached hydrogens (tertiary/aromatic N) is 3. The molecule has 0 N–H and O–H groups in total. The second kappa shape index (κ2) is 7.01. The van der Waals surface area contributed by atoms with Gasteiger partial charge < -0.3 is 13.9 Å². The molecule has 0 atom stereocenters. The lowest BCUT2D eigenvalue weighted by Gasteiger charge is -2.20. The van der Waals surface area contributed by atoms with Crippen LogP contribution in [0.25, 0.3) is 0 Å². The van der Waals surface area contributed by atoms with Crippen LogP contribution in [0.4, 0.5) is 4.39 Å². The Labute approximate surface area is 159 Å². The highest BCUT2D eigenvalue weighted by molar-refractivity contribution is 7.98. The second-order valence-electron chi connectivity index (χ2n) is 6.73. The molecule has 3 heterocycles. The van der Waals surface area contributed by atoms with E-state index in [-0.39, 0.29) is 12.6 Å². The summed E-state index contributed by atoms with van der Waals surface area (Å²) >= 11 is 1.53. The minimum atomic E-state index is -0.283. The van der Waals surface area contributed by atoms with Crippen molar-refractivity contribution in [1.29, 1.82) is 0 Å². The van der Waals surface area contributed by atoms with E-state index in [1.807, 2.05) is 12.1 Å². The van der Waals surface area contributed by atoms with Crippen LogP contribution in [0.3, 0.4) is 0 Å². The predicted molar refractivity (Wildman–Crippen MR) is 96.1 cm³/mol. The van der Waals surface area contributed by atoms with Crippen LogP contribution >= 0.6 is 11.8 Å². The van der Waals surface area contributed by atoms with E-state index in [1.54, 1.807) is 6.26 Å². The molecule has 3 aromatic rings. The summed E-state index contributed by atoms with van der Waals surface area (Å²) < 4.78 is 32.4. The minimum Gasteiger partial charge on any atom is -0.467 e. The van der Waals surface area contributed by atoms with Crippen molar-refractivity contribution in [2.45, 2.75) is 42.8 Å². The number of hydrogen-bond donors (Lipinski definition) is 0. The van der Waals surface area contributed by atoms with E-state index in [2.05, 4.69) is 14.8 Å². The molecule has 0 spiro atoms. The SMILES string of the molecule is Fc1cc2c(c(CSc3nnc(C4CC4)n3Cc3ccco3)c1)OCOC2. The highest BCUT2D eigenvalue weighted by Gasteiger charge is 2.31. The molecular weight excluding hydrogens is 369 g/mol. The maximum absolute atomic E-state index is 14.0. The van der Waals surface area contributed by atoms with E-state index in [9.17, 15) is 4.39 Å². The first-order valence-electron chi connectivity index (χ1n) is 8.88. The van der Waals surface area contributed by atoms with E-state index in [0.717, 1.165) is 46.5 Å². The highest BCUT2D eigenvalue weighted by atomic mass is 32.2. The first-order valence-corrected chi connectivity index (χ1v) is 9.86. The fourth-order valence-electron chi connectivity index (χ4n) is 3.26. The van der Waals surface area contributed by atoms with Gasteiger partial charge in [0.1, 0.15) is 23.2 Å². The number of fused-ring (bicyclic) bond motifs is 1. The number of thioether (sulfide) groups is 1. The molecule has 0 radical (unpaired) electrons. The van der Waals surface area contributed by atoms with Gasteiger partial charge in [-0.15, -0.1) is 10.2 Å². The smallest absolute Gasteiger partial charge is 0.191 e. The average molecular weight is 387 g/mol. The maximum Gasteiger partial charge on any atom is 0.191 e. The van der Waals surface area contributed by atoms with Crippen LogP contribution in [0.2, 0.25) is 0 Å². The molecular formula is C19H18FN3O3S. The summed E-state index contributed by atoms with van der Waals surface area (Å²) in [5, 5.41) is 9.59. The molecule has 5 rings (SSSR count). The molecule has 2 aliphatic rings. The molecule has 8 heteroatoms. The molecule has 1 aliphatic carbocycles. The van der Waals surface area contributed by atoms with Crippen LogP contribution < -0.4 is 4.74 Å². The normalized spacial score (nSPS) is 16.2. The third kappa shape index (κ3) is 3.46. The molecule has 1 aliphatic heterocycles. The molecule has 0 unspecified atom stereocenters. The lowest BCUT2D eigenvalue weighted by Crippen LogP contribution is -2.13. The number of furan rings is 1. The number of halogens is 1. The third-order valence-electron chi connectivity index (χ3n) is 4.69. The summed E-state index contributed by atoms with van der Waals surface area (Å²) in [5.41, 5.74) is 1.55. The predicted octanol–water partition coefficient (Wildman–Crippen LogP) is 4.09. The van der Waals surface area contributed by atoms with Crippen LogP contribution in [-0.4, -0.2) is 21.6 Å². The molecule has 0 bridgehead atoms. The second-order valence-corrected chi connectivity index (χ2v) is 7.68. The van der Waals surface area contributed by atoms with Gasteiger partial charge >= 0.3 is 0 Å². The number of benzene rings is 1. The summed E-state index contributed by atoms with van der Waals surface area (Å²) in [7, 11) is 0. The van der Waals surface area contributed by atoms with Crippen LogP contribution in [0.1, 0.15) is 41.5 Å². The third-order valence-corrected chi connectivity index (χ3v) is 5.71. The quantitative estimate of drug-likeness (QED) is 0.594. The van der Waals surface area contributed by atoms with Crippen molar-refractivity contribution < 1.29 is 18.3 Å². The highest BCUT2D eigenvalue weighted by Crippen LogP contribution is 2.41. The first kappa shape index (κ1) is 16.8. The number of aromatic nitrogens is 3. The Balaban J connectivity index is 1.41. The van der Waals surface area contributed by atoms with Crippen molar-refractivity contribution in [2.75, 3.05) is 6.79 Å². The molecule has 2 aromatic heterocycles. The van der Waals surface area contributed by atoms with Crippen LogP contribution in [-0.2, 0) is 23.6 Å². The van der Waals surface area contributed by atoms with Gasteiger partial charge in [-0.25, -0.2) is 4.39 Å². The van der Waals surface area contributed by atoms with E-state index < -0.39 is 0 Å². The maximum atomic E-state index is 14.0. The summed E-state index contributed by atoms with van der Waals surface area (Å²) in [6, 6.07) is 6.81. The van der Waals surface area contributed by atoms with E-state index >= 15 is 0 Å². The Bertz CT molecular complexity index is 954. The molecule has 0 amide bonds. The van der Waals surface area contributed by atoms with Crippen molar-refractivity contribution in [3.63, 3.8) is 0 Å². The molecule has 6 nitrogen and oxygen atoms in total. The van der Waals surface area contributed by atoms with Gasteiger partial charge in [0, 0.05) is 22.8 Å². The van der Waals surface area contributed by atoms with Gasteiger partial charge in [0.2, 0.25) is 0 Å². The van der Waals surface area contributed by atoms with Crippen molar-refractivity contribution in [2.24, 2.45) is 0 Å². The summed E-state index contributed by atoms with van der Waals surface area (Å²) in [6.45, 7) is 1.15. The topological polar surface area (TPSA) is 62.3 Å². The number of hydrogen-bond acceptors (Lipinski definition) is 6. The first-order chi connectivity index (χ1) is 13.3. The number of rotatable bonds is 6.